The molecule has 0 spiro atoms. The minimum absolute atomic E-state index is 0.0531. The van der Waals surface area contributed by atoms with Gasteiger partial charge < -0.3 is 10.2 Å². The number of carbonyl (C=O) groups excluding carboxylic acids is 1. The Kier molecular flexibility index (Phi) is 31.3. The third-order valence-corrected chi connectivity index (χ3v) is 8.36. The van der Waals surface area contributed by atoms with Gasteiger partial charge in [0.15, 0.2) is 0 Å². The molecule has 0 aliphatic carbocycles. The molecular weight excluding hydrogens is 480 g/mol. The zero-order valence-corrected chi connectivity index (χ0v) is 26.6. The smallest absolute Gasteiger partial charge is 0.140 e. The van der Waals surface area contributed by atoms with Gasteiger partial charge in [0.25, 0.3) is 0 Å². The third kappa shape index (κ3) is 27.3. The first-order valence-corrected chi connectivity index (χ1v) is 17.6. The molecule has 0 fully saturated rings. The Morgan fingerprint density at radius 2 is 0.897 bits per heavy atom. The highest BCUT2D eigenvalue weighted by Gasteiger charge is 2.25. The average Bonchev–Trinajstić information content (AvgIpc) is 2.93. The van der Waals surface area contributed by atoms with Crippen LogP contribution in [0.25, 0.3) is 0 Å². The summed E-state index contributed by atoms with van der Waals surface area (Å²) in [6.45, 7) is 4.32. The Morgan fingerprint density at radius 1 is 0.538 bits per heavy atom. The molecule has 0 rings (SSSR count). The second-order valence-electron chi connectivity index (χ2n) is 12.2. The number of aliphatic hydroxyl groups excluding tert-OH is 2. The van der Waals surface area contributed by atoms with Gasteiger partial charge in [-0.15, -0.1) is 0 Å². The second-order valence-corrected chi connectivity index (χ2v) is 12.2. The van der Waals surface area contributed by atoms with Crippen molar-refractivity contribution in [3.05, 3.63) is 12.2 Å². The molecule has 0 amide bonds. The number of hydrogen-bond acceptors (Lipinski definition) is 3. The molecule has 0 aromatic rings. The molecule has 0 aromatic heterocycles. The lowest BCUT2D eigenvalue weighted by atomic mass is 9.91. The number of Topliss-reactive ketones (excluding diaryl/α,β-unsaturated/α-hetero) is 1. The van der Waals surface area contributed by atoms with Crippen molar-refractivity contribution in [2.75, 3.05) is 6.61 Å². The number of rotatable bonds is 32. The Labute approximate surface area is 245 Å². The predicted octanol–water partition coefficient (Wildman–Crippen LogP) is 11.0. The van der Waals surface area contributed by atoms with Crippen LogP contribution in [0, 0.1) is 5.92 Å². The summed E-state index contributed by atoms with van der Waals surface area (Å²) < 4.78 is 0. The standard InChI is InChI=1S/C36H70O3/c1-3-5-7-9-11-13-15-17-18-20-22-24-26-28-30-32-36(39)34(33-37)35(38)31-29-27-25-23-21-19-16-14-12-10-8-6-4-2/h17-18,34-35,37-38H,3-16,19-33H2,1-2H3. The van der Waals surface area contributed by atoms with E-state index >= 15 is 0 Å². The number of allylic oxidation sites excluding steroid dienone is 2. The van der Waals surface area contributed by atoms with Crippen LogP contribution in [0.1, 0.15) is 194 Å². The summed E-state index contributed by atoms with van der Waals surface area (Å²) in [4.78, 5) is 12.6. The van der Waals surface area contributed by atoms with Crippen molar-refractivity contribution in [2.24, 2.45) is 5.92 Å². The zero-order chi connectivity index (χ0) is 28.7. The monoisotopic (exact) mass is 551 g/mol. The summed E-state index contributed by atoms with van der Waals surface area (Å²) in [5, 5.41) is 20.2. The van der Waals surface area contributed by atoms with Crippen LogP contribution in [0.2, 0.25) is 0 Å². The van der Waals surface area contributed by atoms with Crippen LogP contribution < -0.4 is 0 Å². The molecule has 0 radical (unpaired) electrons. The van der Waals surface area contributed by atoms with Gasteiger partial charge in [-0.2, -0.15) is 0 Å². The number of hydrogen-bond donors (Lipinski definition) is 2. The van der Waals surface area contributed by atoms with E-state index in [0.717, 1.165) is 25.7 Å². The van der Waals surface area contributed by atoms with Gasteiger partial charge >= 0.3 is 0 Å². The Morgan fingerprint density at radius 3 is 1.31 bits per heavy atom. The number of aliphatic hydroxyl groups is 2. The summed E-state index contributed by atoms with van der Waals surface area (Å²) in [6.07, 6.45) is 38.3. The van der Waals surface area contributed by atoms with E-state index in [-0.39, 0.29) is 12.4 Å². The first kappa shape index (κ1) is 38.3. The summed E-state index contributed by atoms with van der Waals surface area (Å²) in [6, 6.07) is 0. The molecule has 0 bridgehead atoms. The molecule has 0 aliphatic rings. The lowest BCUT2D eigenvalue weighted by Crippen LogP contribution is -2.31. The average molecular weight is 551 g/mol. The van der Waals surface area contributed by atoms with Gasteiger partial charge in [-0.25, -0.2) is 0 Å². The van der Waals surface area contributed by atoms with Crippen LogP contribution in [-0.2, 0) is 4.79 Å². The fourth-order valence-electron chi connectivity index (χ4n) is 5.57. The van der Waals surface area contributed by atoms with Crippen LogP contribution in [-0.4, -0.2) is 28.7 Å². The SMILES string of the molecule is CCCCCCCCC=CCCCCCCCC(=O)C(CO)C(O)CCCCCCCCCCCCCCC. The van der Waals surface area contributed by atoms with Crippen molar-refractivity contribution in [1.82, 2.24) is 0 Å². The van der Waals surface area contributed by atoms with E-state index in [0.29, 0.717) is 12.8 Å². The van der Waals surface area contributed by atoms with E-state index in [9.17, 15) is 15.0 Å². The molecule has 0 aliphatic heterocycles. The van der Waals surface area contributed by atoms with Crippen LogP contribution in [0.5, 0.6) is 0 Å². The predicted molar refractivity (Wildman–Crippen MR) is 171 cm³/mol. The summed E-state index contributed by atoms with van der Waals surface area (Å²) >= 11 is 0. The number of unbranched alkanes of at least 4 members (excludes halogenated alkanes) is 23. The zero-order valence-electron chi connectivity index (χ0n) is 26.6. The molecule has 39 heavy (non-hydrogen) atoms. The van der Waals surface area contributed by atoms with Gasteiger partial charge in [0, 0.05) is 6.42 Å². The molecule has 2 atom stereocenters. The van der Waals surface area contributed by atoms with E-state index in [4.69, 9.17) is 0 Å². The van der Waals surface area contributed by atoms with Crippen LogP contribution in [0.3, 0.4) is 0 Å². The molecule has 0 aromatic carbocycles. The second kappa shape index (κ2) is 31.9. The van der Waals surface area contributed by atoms with Crippen molar-refractivity contribution < 1.29 is 15.0 Å². The molecule has 0 saturated heterocycles. The van der Waals surface area contributed by atoms with Gasteiger partial charge in [0.05, 0.1) is 18.6 Å². The van der Waals surface area contributed by atoms with Gasteiger partial charge in [0.2, 0.25) is 0 Å². The molecule has 3 heteroatoms. The third-order valence-electron chi connectivity index (χ3n) is 8.36. The molecule has 3 nitrogen and oxygen atoms in total. The van der Waals surface area contributed by atoms with Gasteiger partial charge in [-0.05, 0) is 38.5 Å². The Balaban J connectivity index is 3.59. The molecule has 0 saturated carbocycles. The number of carbonyl (C=O) groups is 1. The topological polar surface area (TPSA) is 57.5 Å². The van der Waals surface area contributed by atoms with Gasteiger partial charge in [-0.3, -0.25) is 4.79 Å². The molecule has 232 valence electrons. The van der Waals surface area contributed by atoms with Crippen molar-refractivity contribution >= 4 is 5.78 Å². The van der Waals surface area contributed by atoms with E-state index in [1.165, 1.54) is 141 Å². The lowest BCUT2D eigenvalue weighted by molar-refractivity contribution is -0.128. The van der Waals surface area contributed by atoms with Crippen molar-refractivity contribution in [1.29, 1.82) is 0 Å². The first-order valence-electron chi connectivity index (χ1n) is 17.6. The number of ketones is 1. The van der Waals surface area contributed by atoms with Gasteiger partial charge in [-0.1, -0.05) is 161 Å². The van der Waals surface area contributed by atoms with Crippen molar-refractivity contribution in [3.8, 4) is 0 Å². The van der Waals surface area contributed by atoms with Gasteiger partial charge in [0.1, 0.15) is 5.78 Å². The van der Waals surface area contributed by atoms with E-state index in [1.54, 1.807) is 0 Å². The maximum atomic E-state index is 12.6. The van der Waals surface area contributed by atoms with Crippen LogP contribution >= 0.6 is 0 Å². The summed E-state index contributed by atoms with van der Waals surface area (Å²) in [5.74, 6) is -0.531. The van der Waals surface area contributed by atoms with E-state index < -0.39 is 12.0 Å². The minimum Gasteiger partial charge on any atom is -0.396 e. The Bertz CT molecular complexity index is 515. The summed E-state index contributed by atoms with van der Waals surface area (Å²) in [7, 11) is 0. The molecule has 2 unspecified atom stereocenters. The summed E-state index contributed by atoms with van der Waals surface area (Å²) in [5.41, 5.74) is 0. The molecule has 0 heterocycles. The van der Waals surface area contributed by atoms with Crippen molar-refractivity contribution in [2.45, 2.75) is 200 Å². The van der Waals surface area contributed by atoms with Crippen LogP contribution in [0.4, 0.5) is 0 Å². The Hall–Kier alpha value is -0.670. The lowest BCUT2D eigenvalue weighted by Gasteiger charge is -2.19. The highest BCUT2D eigenvalue weighted by Crippen LogP contribution is 2.18. The fraction of sp³-hybridized carbons (Fsp3) is 0.917. The molecule has 2 N–H and O–H groups in total. The highest BCUT2D eigenvalue weighted by molar-refractivity contribution is 5.81. The van der Waals surface area contributed by atoms with E-state index in [1.807, 2.05) is 0 Å². The maximum absolute atomic E-state index is 12.6. The maximum Gasteiger partial charge on any atom is 0.140 e. The first-order chi connectivity index (χ1) is 19.2. The quantitative estimate of drug-likeness (QED) is 0.0646. The van der Waals surface area contributed by atoms with Crippen LogP contribution in [0.15, 0.2) is 12.2 Å². The normalized spacial score (nSPS) is 13.3. The largest absolute Gasteiger partial charge is 0.396 e. The molecular formula is C36H70O3. The van der Waals surface area contributed by atoms with E-state index in [2.05, 4.69) is 26.0 Å². The minimum atomic E-state index is -0.682. The highest BCUT2D eigenvalue weighted by atomic mass is 16.3. The van der Waals surface area contributed by atoms with Crippen molar-refractivity contribution in [3.63, 3.8) is 0 Å². The fourth-order valence-corrected chi connectivity index (χ4v) is 5.57.